The zero-order valence-electron chi connectivity index (χ0n) is 11.8. The minimum atomic E-state index is -1.01. The van der Waals surface area contributed by atoms with Crippen LogP contribution in [0.15, 0.2) is 0 Å². The summed E-state index contributed by atoms with van der Waals surface area (Å²) in [6.45, 7) is 15.9. The first-order valence-corrected chi connectivity index (χ1v) is 9.98. The van der Waals surface area contributed by atoms with Crippen LogP contribution in [0.4, 0.5) is 0 Å². The molecule has 0 aromatic heterocycles. The molecule has 1 saturated carbocycles. The minimum absolute atomic E-state index is 0.0433. The molecule has 1 heterocycles. The molecule has 0 radical (unpaired) electrons. The van der Waals surface area contributed by atoms with Gasteiger partial charge in [0.05, 0.1) is 11.2 Å². The SMILES string of the molecule is CC1(C)OB([C@@H]2C[C@@H]2[Si](C)(C)C)OC1(C)C. The molecule has 0 unspecified atom stereocenters. The summed E-state index contributed by atoms with van der Waals surface area (Å²) in [4.78, 5) is 0. The zero-order chi connectivity index (χ0) is 12.4. The highest BCUT2D eigenvalue weighted by Crippen LogP contribution is 2.61. The Morgan fingerprint density at radius 3 is 1.75 bits per heavy atom. The van der Waals surface area contributed by atoms with E-state index in [1.165, 1.54) is 6.42 Å². The summed E-state index contributed by atoms with van der Waals surface area (Å²) in [5, 5.41) is 0. The summed E-state index contributed by atoms with van der Waals surface area (Å²) in [5.74, 6) is 0.660. The third-order valence-corrected chi connectivity index (χ3v) is 7.46. The van der Waals surface area contributed by atoms with E-state index >= 15 is 0 Å². The fourth-order valence-electron chi connectivity index (χ4n) is 2.57. The van der Waals surface area contributed by atoms with Crippen LogP contribution in [0.3, 0.4) is 0 Å². The molecule has 1 saturated heterocycles. The van der Waals surface area contributed by atoms with Crippen LogP contribution in [0.5, 0.6) is 0 Å². The summed E-state index contributed by atoms with van der Waals surface area (Å²) in [7, 11) is -0.963. The van der Waals surface area contributed by atoms with Gasteiger partial charge in [-0.05, 0) is 39.1 Å². The van der Waals surface area contributed by atoms with Gasteiger partial charge in [-0.2, -0.15) is 0 Å². The summed E-state index contributed by atoms with van der Waals surface area (Å²) < 4.78 is 12.2. The number of hydrogen-bond acceptors (Lipinski definition) is 2. The Balaban J connectivity index is 2.02. The summed E-state index contributed by atoms with van der Waals surface area (Å²) in [6.07, 6.45) is 1.31. The standard InChI is InChI=1S/C12H25BO2Si/c1-11(2)12(3,4)15-13(14-11)9-8-10(9)16(5,6)7/h9-10H,8H2,1-7H3/t9-,10+/m1/s1. The highest BCUT2D eigenvalue weighted by Gasteiger charge is 2.61. The van der Waals surface area contributed by atoms with Crippen LogP contribution < -0.4 is 0 Å². The van der Waals surface area contributed by atoms with E-state index in [1.807, 2.05) is 0 Å². The van der Waals surface area contributed by atoms with Crippen molar-refractivity contribution < 1.29 is 9.31 Å². The summed E-state index contributed by atoms with van der Waals surface area (Å²) >= 11 is 0. The van der Waals surface area contributed by atoms with E-state index in [-0.39, 0.29) is 18.3 Å². The van der Waals surface area contributed by atoms with Crippen molar-refractivity contribution in [2.45, 2.75) is 76.3 Å². The fourth-order valence-corrected chi connectivity index (χ4v) is 5.00. The van der Waals surface area contributed by atoms with Crippen LogP contribution in [0.25, 0.3) is 0 Å². The van der Waals surface area contributed by atoms with Gasteiger partial charge in [0, 0.05) is 8.07 Å². The van der Waals surface area contributed by atoms with Crippen molar-refractivity contribution in [2.75, 3.05) is 0 Å². The lowest BCUT2D eigenvalue weighted by molar-refractivity contribution is 0.00578. The second-order valence-electron chi connectivity index (χ2n) is 7.50. The van der Waals surface area contributed by atoms with Gasteiger partial charge in [0.1, 0.15) is 0 Å². The predicted octanol–water partition coefficient (Wildman–Crippen LogP) is 3.56. The van der Waals surface area contributed by atoms with Crippen molar-refractivity contribution in [1.82, 2.24) is 0 Å². The maximum atomic E-state index is 6.11. The molecule has 0 bridgehead atoms. The van der Waals surface area contributed by atoms with Crippen LogP contribution in [0.1, 0.15) is 34.1 Å². The van der Waals surface area contributed by atoms with Crippen molar-refractivity contribution in [3.8, 4) is 0 Å². The van der Waals surface area contributed by atoms with E-state index in [0.29, 0.717) is 5.82 Å². The lowest BCUT2D eigenvalue weighted by Crippen LogP contribution is -2.41. The number of rotatable bonds is 2. The molecule has 2 fully saturated rings. The van der Waals surface area contributed by atoms with Gasteiger partial charge < -0.3 is 9.31 Å². The van der Waals surface area contributed by atoms with Gasteiger partial charge in [0.15, 0.2) is 0 Å². The average Bonchev–Trinajstić information content (AvgIpc) is 2.73. The molecule has 2 nitrogen and oxygen atoms in total. The molecular formula is C12H25BO2Si. The number of hydrogen-bond donors (Lipinski definition) is 0. The maximum Gasteiger partial charge on any atom is 0.461 e. The van der Waals surface area contributed by atoms with Gasteiger partial charge in [0.2, 0.25) is 0 Å². The van der Waals surface area contributed by atoms with Gasteiger partial charge in [-0.1, -0.05) is 26.1 Å². The van der Waals surface area contributed by atoms with Gasteiger partial charge in [0.25, 0.3) is 0 Å². The molecule has 92 valence electrons. The Hall–Kier alpha value is 0.202. The van der Waals surface area contributed by atoms with Crippen molar-refractivity contribution in [3.63, 3.8) is 0 Å². The molecular weight excluding hydrogens is 215 g/mol. The first-order valence-electron chi connectivity index (χ1n) is 6.40. The maximum absolute atomic E-state index is 6.11. The second kappa shape index (κ2) is 3.36. The fraction of sp³-hybridized carbons (Fsp3) is 1.00. The Bertz CT molecular complexity index is 280. The third-order valence-electron chi connectivity index (χ3n) is 4.57. The second-order valence-corrected chi connectivity index (χ2v) is 13.0. The van der Waals surface area contributed by atoms with Crippen LogP contribution in [-0.2, 0) is 9.31 Å². The van der Waals surface area contributed by atoms with Crippen molar-refractivity contribution in [1.29, 1.82) is 0 Å². The van der Waals surface area contributed by atoms with Crippen LogP contribution >= 0.6 is 0 Å². The quantitative estimate of drug-likeness (QED) is 0.687. The Kier molecular flexibility index (Phi) is 2.66. The van der Waals surface area contributed by atoms with Crippen molar-refractivity contribution in [3.05, 3.63) is 0 Å². The summed E-state index contributed by atoms with van der Waals surface area (Å²) in [6, 6.07) is 0. The van der Waals surface area contributed by atoms with E-state index in [0.717, 1.165) is 5.54 Å². The van der Waals surface area contributed by atoms with Gasteiger partial charge in [-0.3, -0.25) is 0 Å². The molecule has 0 N–H and O–H groups in total. The van der Waals surface area contributed by atoms with E-state index < -0.39 is 8.07 Å². The van der Waals surface area contributed by atoms with Crippen LogP contribution in [0.2, 0.25) is 31.0 Å². The van der Waals surface area contributed by atoms with Crippen molar-refractivity contribution >= 4 is 15.2 Å². The largest absolute Gasteiger partial charge is 0.461 e. The van der Waals surface area contributed by atoms with E-state index in [4.69, 9.17) is 9.31 Å². The molecule has 0 aromatic rings. The zero-order valence-corrected chi connectivity index (χ0v) is 12.8. The van der Waals surface area contributed by atoms with Gasteiger partial charge in [-0.15, -0.1) is 0 Å². The highest BCUT2D eigenvalue weighted by molar-refractivity contribution is 6.80. The molecule has 4 heteroatoms. The molecule has 0 aromatic carbocycles. The lowest BCUT2D eigenvalue weighted by atomic mass is 9.82. The Morgan fingerprint density at radius 1 is 1.00 bits per heavy atom. The Labute approximate surface area is 101 Å². The third kappa shape index (κ3) is 2.00. The van der Waals surface area contributed by atoms with Crippen LogP contribution in [-0.4, -0.2) is 26.4 Å². The van der Waals surface area contributed by atoms with Gasteiger partial charge in [-0.25, -0.2) is 0 Å². The predicted molar refractivity (Wildman–Crippen MR) is 71.5 cm³/mol. The van der Waals surface area contributed by atoms with Crippen molar-refractivity contribution in [2.24, 2.45) is 0 Å². The molecule has 2 rings (SSSR count). The first kappa shape index (κ1) is 12.7. The van der Waals surface area contributed by atoms with E-state index in [9.17, 15) is 0 Å². The topological polar surface area (TPSA) is 18.5 Å². The first-order chi connectivity index (χ1) is 7.05. The molecule has 1 aliphatic carbocycles. The highest BCUT2D eigenvalue weighted by atomic mass is 28.3. The van der Waals surface area contributed by atoms with E-state index in [1.54, 1.807) is 0 Å². The molecule has 1 aliphatic heterocycles. The smallest absolute Gasteiger partial charge is 0.403 e. The minimum Gasteiger partial charge on any atom is -0.403 e. The monoisotopic (exact) mass is 240 g/mol. The molecule has 16 heavy (non-hydrogen) atoms. The summed E-state index contributed by atoms with van der Waals surface area (Å²) in [5.41, 5.74) is 0.566. The average molecular weight is 240 g/mol. The van der Waals surface area contributed by atoms with E-state index in [2.05, 4.69) is 47.3 Å². The lowest BCUT2D eigenvalue weighted by Gasteiger charge is -2.32. The Morgan fingerprint density at radius 2 is 1.44 bits per heavy atom. The van der Waals surface area contributed by atoms with Gasteiger partial charge >= 0.3 is 7.12 Å². The molecule has 0 amide bonds. The van der Waals surface area contributed by atoms with Crippen LogP contribution in [0, 0.1) is 0 Å². The normalized spacial score (nSPS) is 36.6. The molecule has 2 aliphatic rings. The molecule has 2 atom stereocenters. The molecule has 0 spiro atoms.